The molecule has 2 aliphatic carbocycles. The van der Waals surface area contributed by atoms with Gasteiger partial charge in [0.05, 0.1) is 17.5 Å². The highest BCUT2D eigenvalue weighted by atomic mass is 35.5. The number of carbonyl (C=O) groups excluding carboxylic acids is 3. The molecular weight excluding hydrogens is 386 g/mol. The second-order valence-electron chi connectivity index (χ2n) is 6.99. The third-order valence-corrected chi connectivity index (χ3v) is 6.64. The zero-order chi connectivity index (χ0) is 18.7. The number of anilines is 1. The molecule has 0 radical (unpaired) electrons. The monoisotopic (exact) mass is 399 g/mol. The van der Waals surface area contributed by atoms with Crippen molar-refractivity contribution >= 4 is 46.4 Å². The Morgan fingerprint density at radius 2 is 1.81 bits per heavy atom. The summed E-state index contributed by atoms with van der Waals surface area (Å²) in [6, 6.07) is 8.00. The molecule has 4 atom stereocenters. The van der Waals surface area contributed by atoms with Gasteiger partial charge in [-0.25, -0.2) is 9.69 Å². The van der Waals surface area contributed by atoms with Crippen LogP contribution in [0.1, 0.15) is 16.1 Å². The number of ether oxygens (including phenoxy) is 1. The summed E-state index contributed by atoms with van der Waals surface area (Å²) in [5.41, 5.74) is 0.233. The Morgan fingerprint density at radius 1 is 1.11 bits per heavy atom. The van der Waals surface area contributed by atoms with Crippen molar-refractivity contribution in [3.63, 3.8) is 0 Å². The zero-order valence-corrected chi connectivity index (χ0v) is 15.6. The molecule has 2 bridgehead atoms. The van der Waals surface area contributed by atoms with E-state index in [-0.39, 0.29) is 46.9 Å². The Morgan fingerprint density at radius 3 is 2.44 bits per heavy atom. The van der Waals surface area contributed by atoms with Crippen LogP contribution in [0.4, 0.5) is 5.69 Å². The van der Waals surface area contributed by atoms with E-state index in [1.807, 2.05) is 12.2 Å². The number of benzene rings is 1. The minimum atomic E-state index is -0.533. The maximum Gasteiger partial charge on any atom is 0.353 e. The lowest BCUT2D eigenvalue weighted by Gasteiger charge is -2.20. The molecule has 1 aromatic carbocycles. The average Bonchev–Trinajstić information content (AvgIpc) is 3.42. The summed E-state index contributed by atoms with van der Waals surface area (Å²) in [6.07, 6.45) is 4.93. The van der Waals surface area contributed by atoms with E-state index in [4.69, 9.17) is 16.3 Å². The van der Waals surface area contributed by atoms with E-state index in [9.17, 15) is 14.4 Å². The molecular formula is C20H14ClNO4S. The van der Waals surface area contributed by atoms with Gasteiger partial charge in [0.2, 0.25) is 11.8 Å². The number of hydrogen-bond acceptors (Lipinski definition) is 5. The molecule has 2 aromatic rings. The van der Waals surface area contributed by atoms with Crippen molar-refractivity contribution in [2.75, 3.05) is 4.90 Å². The Labute approximate surface area is 164 Å². The predicted octanol–water partition coefficient (Wildman–Crippen LogP) is 3.93. The Balaban J connectivity index is 1.52. The quantitative estimate of drug-likeness (QED) is 0.339. The molecule has 2 amide bonds. The number of amides is 2. The molecule has 5 rings (SSSR count). The number of imide groups is 1. The number of halogens is 1. The van der Waals surface area contributed by atoms with Gasteiger partial charge in [0.15, 0.2) is 5.75 Å². The average molecular weight is 400 g/mol. The SMILES string of the molecule is O=C(Oc1ccc(Cl)cc1N1C(=O)[C@@H]2[C@H](C1=O)[C@H]1C=C[C@H]2C1)c1cccs1. The standard InChI is InChI=1S/C20H14ClNO4S/c21-12-5-6-14(26-20(25)15-2-1-7-27-15)13(9-12)22-18(23)16-10-3-4-11(8-10)17(16)19(22)24/h1-7,9-11,16-17H,8H2/t10-,11-,16-,17+/m0/s1. The number of carbonyl (C=O) groups is 3. The van der Waals surface area contributed by atoms with Gasteiger partial charge in [0.25, 0.3) is 0 Å². The van der Waals surface area contributed by atoms with Crippen molar-refractivity contribution in [3.05, 3.63) is 57.8 Å². The van der Waals surface area contributed by atoms with Gasteiger partial charge in [-0.15, -0.1) is 11.3 Å². The molecule has 1 aliphatic heterocycles. The molecule has 2 heterocycles. The van der Waals surface area contributed by atoms with E-state index in [2.05, 4.69) is 0 Å². The van der Waals surface area contributed by atoms with Crippen molar-refractivity contribution < 1.29 is 19.1 Å². The minimum Gasteiger partial charge on any atom is -0.420 e. The molecule has 0 N–H and O–H groups in total. The van der Waals surface area contributed by atoms with Crippen LogP contribution >= 0.6 is 22.9 Å². The molecule has 1 saturated heterocycles. The van der Waals surface area contributed by atoms with E-state index in [1.54, 1.807) is 23.6 Å². The van der Waals surface area contributed by atoms with Crippen LogP contribution in [0.2, 0.25) is 5.02 Å². The third kappa shape index (κ3) is 2.47. The largest absolute Gasteiger partial charge is 0.420 e. The van der Waals surface area contributed by atoms with Crippen LogP contribution in [0.5, 0.6) is 5.75 Å². The molecule has 0 spiro atoms. The number of esters is 1. The van der Waals surface area contributed by atoms with Crippen molar-refractivity contribution in [3.8, 4) is 5.75 Å². The number of thiophene rings is 1. The first kappa shape index (κ1) is 16.7. The first-order valence-electron chi connectivity index (χ1n) is 8.66. The van der Waals surface area contributed by atoms with Crippen molar-refractivity contribution in [2.24, 2.45) is 23.7 Å². The molecule has 1 aromatic heterocycles. The normalized spacial score (nSPS) is 28.1. The van der Waals surface area contributed by atoms with Gasteiger partial charge >= 0.3 is 5.97 Å². The van der Waals surface area contributed by atoms with E-state index < -0.39 is 5.97 Å². The van der Waals surface area contributed by atoms with Gasteiger partial charge in [-0.1, -0.05) is 29.8 Å². The Kier molecular flexibility index (Phi) is 3.74. The number of hydrogen-bond donors (Lipinski definition) is 0. The topological polar surface area (TPSA) is 63.7 Å². The van der Waals surface area contributed by atoms with E-state index >= 15 is 0 Å². The van der Waals surface area contributed by atoms with E-state index in [1.165, 1.54) is 23.5 Å². The lowest BCUT2D eigenvalue weighted by molar-refractivity contribution is -0.123. The van der Waals surface area contributed by atoms with Gasteiger partial charge in [-0.05, 0) is 47.9 Å². The fourth-order valence-corrected chi connectivity index (χ4v) is 5.20. The molecule has 136 valence electrons. The summed E-state index contributed by atoms with van der Waals surface area (Å²) >= 11 is 7.38. The van der Waals surface area contributed by atoms with Crippen LogP contribution in [-0.2, 0) is 9.59 Å². The third-order valence-electron chi connectivity index (χ3n) is 5.56. The highest BCUT2D eigenvalue weighted by Gasteiger charge is 2.60. The summed E-state index contributed by atoms with van der Waals surface area (Å²) in [5.74, 6) is -1.29. The van der Waals surface area contributed by atoms with Gasteiger partial charge in [0.1, 0.15) is 4.88 Å². The number of fused-ring (bicyclic) bond motifs is 5. The smallest absolute Gasteiger partial charge is 0.353 e. The van der Waals surface area contributed by atoms with Crippen molar-refractivity contribution in [2.45, 2.75) is 6.42 Å². The van der Waals surface area contributed by atoms with Gasteiger partial charge in [-0.3, -0.25) is 9.59 Å². The highest BCUT2D eigenvalue weighted by Crippen LogP contribution is 2.54. The minimum absolute atomic E-state index is 0.109. The van der Waals surface area contributed by atoms with Gasteiger partial charge in [-0.2, -0.15) is 0 Å². The lowest BCUT2D eigenvalue weighted by atomic mass is 9.85. The lowest BCUT2D eigenvalue weighted by Crippen LogP contribution is -2.33. The summed E-state index contributed by atoms with van der Waals surface area (Å²) in [4.78, 5) is 40.1. The molecule has 27 heavy (non-hydrogen) atoms. The van der Waals surface area contributed by atoms with Crippen LogP contribution in [0.3, 0.4) is 0 Å². The maximum atomic E-state index is 13.1. The molecule has 5 nitrogen and oxygen atoms in total. The van der Waals surface area contributed by atoms with Crippen LogP contribution in [0.25, 0.3) is 0 Å². The van der Waals surface area contributed by atoms with Crippen LogP contribution in [0.15, 0.2) is 47.9 Å². The molecule has 3 aliphatic rings. The van der Waals surface area contributed by atoms with E-state index in [0.29, 0.717) is 9.90 Å². The highest BCUT2D eigenvalue weighted by molar-refractivity contribution is 7.12. The summed E-state index contributed by atoms with van der Waals surface area (Å²) in [7, 11) is 0. The zero-order valence-electron chi connectivity index (χ0n) is 14.0. The summed E-state index contributed by atoms with van der Waals surface area (Å²) in [5, 5.41) is 2.14. The Hall–Kier alpha value is -2.44. The summed E-state index contributed by atoms with van der Waals surface area (Å²) in [6.45, 7) is 0. The fourth-order valence-electron chi connectivity index (χ4n) is 4.44. The molecule has 7 heteroatoms. The number of nitrogens with zero attached hydrogens (tertiary/aromatic N) is 1. The first-order chi connectivity index (χ1) is 13.0. The van der Waals surface area contributed by atoms with Crippen molar-refractivity contribution in [1.82, 2.24) is 0 Å². The second kappa shape index (κ2) is 6.04. The van der Waals surface area contributed by atoms with Crippen LogP contribution in [-0.4, -0.2) is 17.8 Å². The van der Waals surface area contributed by atoms with Crippen molar-refractivity contribution in [1.29, 1.82) is 0 Å². The maximum absolute atomic E-state index is 13.1. The van der Waals surface area contributed by atoms with E-state index in [0.717, 1.165) is 11.3 Å². The number of allylic oxidation sites excluding steroid dienone is 2. The second-order valence-corrected chi connectivity index (χ2v) is 8.37. The molecule has 0 unspecified atom stereocenters. The van der Waals surface area contributed by atoms with Crippen LogP contribution < -0.4 is 9.64 Å². The first-order valence-corrected chi connectivity index (χ1v) is 9.92. The predicted molar refractivity (Wildman–Crippen MR) is 101 cm³/mol. The molecule has 1 saturated carbocycles. The Bertz CT molecular complexity index is 969. The summed E-state index contributed by atoms with van der Waals surface area (Å²) < 4.78 is 5.50. The van der Waals surface area contributed by atoms with Gasteiger partial charge in [0, 0.05) is 5.02 Å². The fraction of sp³-hybridized carbons (Fsp3) is 0.250. The van der Waals surface area contributed by atoms with Gasteiger partial charge < -0.3 is 4.74 Å². The van der Waals surface area contributed by atoms with Crippen LogP contribution in [0, 0.1) is 23.7 Å². The molecule has 2 fully saturated rings. The number of rotatable bonds is 3.